The number of amides is 1. The molecule has 92 valence electrons. The second kappa shape index (κ2) is 6.21. The maximum Gasteiger partial charge on any atom is 0.234 e. The molecule has 16 heavy (non-hydrogen) atoms. The summed E-state index contributed by atoms with van der Waals surface area (Å²) >= 11 is 0. The molecule has 1 saturated heterocycles. The van der Waals surface area contributed by atoms with Crippen LogP contribution < -0.4 is 10.6 Å². The van der Waals surface area contributed by atoms with E-state index in [1.807, 2.05) is 0 Å². The van der Waals surface area contributed by atoms with Gasteiger partial charge in [0.2, 0.25) is 5.91 Å². The van der Waals surface area contributed by atoms with Crippen molar-refractivity contribution >= 4 is 5.91 Å². The van der Waals surface area contributed by atoms with Gasteiger partial charge in [-0.1, -0.05) is 0 Å². The number of carbonyl (C=O) groups excluding carboxylic acids is 1. The van der Waals surface area contributed by atoms with Crippen LogP contribution in [0.1, 0.15) is 38.5 Å². The average Bonchev–Trinajstić information content (AvgIpc) is 2.93. The van der Waals surface area contributed by atoms with Gasteiger partial charge in [-0.2, -0.15) is 0 Å². The molecule has 1 aliphatic carbocycles. The predicted octanol–water partition coefficient (Wildman–Crippen LogP) is 0.814. The molecule has 1 heterocycles. The molecule has 4 heteroatoms. The lowest BCUT2D eigenvalue weighted by atomic mass is 10.1. The molecular formula is C12H22N2O2. The maximum atomic E-state index is 11.3. The van der Waals surface area contributed by atoms with Crippen molar-refractivity contribution in [1.82, 2.24) is 10.6 Å². The van der Waals surface area contributed by atoms with Crippen LogP contribution in [0.2, 0.25) is 0 Å². The molecule has 2 aliphatic rings. The van der Waals surface area contributed by atoms with Crippen molar-refractivity contribution in [3.05, 3.63) is 0 Å². The number of nitrogens with one attached hydrogen (secondary N) is 2. The molecule has 0 aromatic carbocycles. The van der Waals surface area contributed by atoms with Crippen LogP contribution in [0, 0.1) is 0 Å². The van der Waals surface area contributed by atoms with E-state index < -0.39 is 0 Å². The minimum Gasteiger partial charge on any atom is -0.378 e. The Balaban J connectivity index is 1.40. The van der Waals surface area contributed by atoms with E-state index in [1.165, 1.54) is 12.8 Å². The SMILES string of the molecule is O=C(CNCCCC1CCCO1)NC1CC1. The summed E-state index contributed by atoms with van der Waals surface area (Å²) in [6.45, 7) is 2.31. The minimum absolute atomic E-state index is 0.139. The first-order valence-electron chi connectivity index (χ1n) is 6.46. The van der Waals surface area contributed by atoms with Crippen molar-refractivity contribution in [1.29, 1.82) is 0 Å². The predicted molar refractivity (Wildman–Crippen MR) is 62.2 cm³/mol. The third-order valence-electron chi connectivity index (χ3n) is 3.13. The molecule has 2 fully saturated rings. The molecule has 1 saturated carbocycles. The van der Waals surface area contributed by atoms with E-state index in [-0.39, 0.29) is 5.91 Å². The Morgan fingerprint density at radius 1 is 1.31 bits per heavy atom. The molecule has 2 rings (SSSR count). The van der Waals surface area contributed by atoms with Gasteiger partial charge in [-0.15, -0.1) is 0 Å². The topological polar surface area (TPSA) is 50.4 Å². The van der Waals surface area contributed by atoms with Crippen LogP contribution >= 0.6 is 0 Å². The Hall–Kier alpha value is -0.610. The summed E-state index contributed by atoms with van der Waals surface area (Å²) in [7, 11) is 0. The summed E-state index contributed by atoms with van der Waals surface area (Å²) in [4.78, 5) is 11.3. The Morgan fingerprint density at radius 2 is 2.19 bits per heavy atom. The van der Waals surface area contributed by atoms with Crippen LogP contribution in [0.3, 0.4) is 0 Å². The number of carbonyl (C=O) groups is 1. The number of hydrogen-bond donors (Lipinski definition) is 2. The highest BCUT2D eigenvalue weighted by Crippen LogP contribution is 2.18. The van der Waals surface area contributed by atoms with Crippen molar-refractivity contribution in [2.24, 2.45) is 0 Å². The Bertz CT molecular complexity index is 223. The minimum atomic E-state index is 0.139. The van der Waals surface area contributed by atoms with Crippen LogP contribution in [-0.4, -0.2) is 37.7 Å². The van der Waals surface area contributed by atoms with Gasteiger partial charge >= 0.3 is 0 Å². The Kier molecular flexibility index (Phi) is 4.60. The molecule has 1 amide bonds. The smallest absolute Gasteiger partial charge is 0.234 e. The van der Waals surface area contributed by atoms with Gasteiger partial charge in [0.15, 0.2) is 0 Å². The highest BCUT2D eigenvalue weighted by Gasteiger charge is 2.22. The van der Waals surface area contributed by atoms with Gasteiger partial charge in [-0.3, -0.25) is 4.79 Å². The first kappa shape index (κ1) is 11.9. The van der Waals surface area contributed by atoms with Crippen LogP contribution in [0.5, 0.6) is 0 Å². The van der Waals surface area contributed by atoms with E-state index in [1.54, 1.807) is 0 Å². The summed E-state index contributed by atoms with van der Waals surface area (Å²) < 4.78 is 5.53. The van der Waals surface area contributed by atoms with Gasteiger partial charge in [-0.25, -0.2) is 0 Å². The second-order valence-corrected chi connectivity index (χ2v) is 4.80. The van der Waals surface area contributed by atoms with E-state index in [4.69, 9.17) is 4.74 Å². The summed E-state index contributed by atoms with van der Waals surface area (Å²) in [5.41, 5.74) is 0. The summed E-state index contributed by atoms with van der Waals surface area (Å²) in [5.74, 6) is 0.139. The molecule has 1 atom stereocenters. The lowest BCUT2D eigenvalue weighted by Gasteiger charge is -2.09. The highest BCUT2D eigenvalue weighted by atomic mass is 16.5. The van der Waals surface area contributed by atoms with E-state index in [9.17, 15) is 4.79 Å². The molecule has 4 nitrogen and oxygen atoms in total. The fraction of sp³-hybridized carbons (Fsp3) is 0.917. The maximum absolute atomic E-state index is 11.3. The molecule has 1 unspecified atom stereocenters. The molecule has 0 aromatic heterocycles. The third-order valence-corrected chi connectivity index (χ3v) is 3.13. The van der Waals surface area contributed by atoms with Crippen LogP contribution in [-0.2, 0) is 9.53 Å². The normalized spacial score (nSPS) is 24.6. The molecule has 0 spiro atoms. The van der Waals surface area contributed by atoms with Crippen molar-refractivity contribution in [2.75, 3.05) is 19.7 Å². The van der Waals surface area contributed by atoms with Gasteiger partial charge in [0, 0.05) is 12.6 Å². The standard InChI is InChI=1S/C12H22N2O2/c15-12(14-10-5-6-10)9-13-7-1-3-11-4-2-8-16-11/h10-11,13H,1-9H2,(H,14,15). The monoisotopic (exact) mass is 226 g/mol. The van der Waals surface area contributed by atoms with E-state index in [2.05, 4.69) is 10.6 Å². The van der Waals surface area contributed by atoms with Crippen molar-refractivity contribution < 1.29 is 9.53 Å². The van der Waals surface area contributed by atoms with Gasteiger partial charge in [-0.05, 0) is 45.1 Å². The van der Waals surface area contributed by atoms with Gasteiger partial charge in [0.05, 0.1) is 12.6 Å². The Labute approximate surface area is 97.1 Å². The second-order valence-electron chi connectivity index (χ2n) is 4.80. The average molecular weight is 226 g/mol. The van der Waals surface area contributed by atoms with Crippen molar-refractivity contribution in [3.8, 4) is 0 Å². The van der Waals surface area contributed by atoms with Crippen LogP contribution in [0.25, 0.3) is 0 Å². The van der Waals surface area contributed by atoms with Crippen molar-refractivity contribution in [3.63, 3.8) is 0 Å². The fourth-order valence-electron chi connectivity index (χ4n) is 2.04. The molecule has 2 N–H and O–H groups in total. The quantitative estimate of drug-likeness (QED) is 0.632. The zero-order valence-corrected chi connectivity index (χ0v) is 9.84. The number of hydrogen-bond acceptors (Lipinski definition) is 3. The zero-order chi connectivity index (χ0) is 11.2. The first-order chi connectivity index (χ1) is 7.84. The van der Waals surface area contributed by atoms with E-state index in [0.29, 0.717) is 18.7 Å². The molecular weight excluding hydrogens is 204 g/mol. The molecule has 0 bridgehead atoms. The number of rotatable bonds is 7. The van der Waals surface area contributed by atoms with Gasteiger partial charge in [0.1, 0.15) is 0 Å². The highest BCUT2D eigenvalue weighted by molar-refractivity contribution is 5.78. The lowest BCUT2D eigenvalue weighted by Crippen LogP contribution is -2.35. The molecule has 0 aromatic rings. The van der Waals surface area contributed by atoms with Crippen molar-refractivity contribution in [2.45, 2.75) is 50.7 Å². The largest absolute Gasteiger partial charge is 0.378 e. The van der Waals surface area contributed by atoms with Crippen LogP contribution in [0.4, 0.5) is 0 Å². The number of ether oxygens (including phenoxy) is 1. The van der Waals surface area contributed by atoms with Crippen LogP contribution in [0.15, 0.2) is 0 Å². The molecule has 0 radical (unpaired) electrons. The van der Waals surface area contributed by atoms with E-state index in [0.717, 1.165) is 38.8 Å². The van der Waals surface area contributed by atoms with E-state index >= 15 is 0 Å². The van der Waals surface area contributed by atoms with Gasteiger partial charge in [0.25, 0.3) is 0 Å². The summed E-state index contributed by atoms with van der Waals surface area (Å²) in [5, 5.41) is 6.13. The molecule has 1 aliphatic heterocycles. The fourth-order valence-corrected chi connectivity index (χ4v) is 2.04. The van der Waals surface area contributed by atoms with Gasteiger partial charge < -0.3 is 15.4 Å². The summed E-state index contributed by atoms with van der Waals surface area (Å²) in [6.07, 6.45) is 7.43. The summed E-state index contributed by atoms with van der Waals surface area (Å²) in [6, 6.07) is 0.473. The first-order valence-corrected chi connectivity index (χ1v) is 6.46. The third kappa shape index (κ3) is 4.49. The lowest BCUT2D eigenvalue weighted by molar-refractivity contribution is -0.120. The Morgan fingerprint density at radius 3 is 2.88 bits per heavy atom. The zero-order valence-electron chi connectivity index (χ0n) is 9.84.